The predicted octanol–water partition coefficient (Wildman–Crippen LogP) is 1.07. The van der Waals surface area contributed by atoms with Crippen LogP contribution in [0, 0.1) is 23.2 Å². The average Bonchev–Trinajstić information content (AvgIpc) is 2.81. The van der Waals surface area contributed by atoms with Crippen LogP contribution in [0.4, 0.5) is 5.82 Å². The summed E-state index contributed by atoms with van der Waals surface area (Å²) >= 11 is 0. The highest BCUT2D eigenvalue weighted by molar-refractivity contribution is 5.56. The summed E-state index contributed by atoms with van der Waals surface area (Å²) in [5.41, 5.74) is 3.18. The molecular weight excluding hydrogens is 224 g/mol. The minimum atomic E-state index is 0.533. The first-order valence-electron chi connectivity index (χ1n) is 6.77. The standard InChI is InChI=1S/C14H16N4/c15-5-9-4-8-2-1-3-12(8)17-14(9)18-13-10-6-16-7-11(10)13/h4,10-11,13,16H,1-3,6-7H2,(H,17,18). The third-order valence-electron chi connectivity index (χ3n) is 4.57. The zero-order valence-electron chi connectivity index (χ0n) is 10.2. The van der Waals surface area contributed by atoms with Gasteiger partial charge in [-0.25, -0.2) is 4.98 Å². The highest BCUT2D eigenvalue weighted by Crippen LogP contribution is 2.44. The van der Waals surface area contributed by atoms with Gasteiger partial charge in [0.1, 0.15) is 11.9 Å². The Morgan fingerprint density at radius 1 is 1.33 bits per heavy atom. The molecule has 1 saturated carbocycles. The molecule has 0 radical (unpaired) electrons. The van der Waals surface area contributed by atoms with Crippen LogP contribution in [0.2, 0.25) is 0 Å². The zero-order valence-corrected chi connectivity index (χ0v) is 10.2. The van der Waals surface area contributed by atoms with Crippen LogP contribution in [0.15, 0.2) is 6.07 Å². The van der Waals surface area contributed by atoms with E-state index in [1.54, 1.807) is 0 Å². The molecule has 4 nitrogen and oxygen atoms in total. The van der Waals surface area contributed by atoms with Crippen molar-refractivity contribution in [3.63, 3.8) is 0 Å². The van der Waals surface area contributed by atoms with Gasteiger partial charge in [-0.1, -0.05) is 0 Å². The van der Waals surface area contributed by atoms with Gasteiger partial charge in [0.2, 0.25) is 0 Å². The molecule has 1 aromatic rings. The van der Waals surface area contributed by atoms with Crippen LogP contribution in [0.5, 0.6) is 0 Å². The molecule has 18 heavy (non-hydrogen) atoms. The van der Waals surface area contributed by atoms with E-state index in [2.05, 4.69) is 21.7 Å². The minimum absolute atomic E-state index is 0.533. The van der Waals surface area contributed by atoms with Crippen molar-refractivity contribution in [1.82, 2.24) is 10.3 Å². The van der Waals surface area contributed by atoms with E-state index in [1.165, 1.54) is 17.7 Å². The molecule has 1 saturated heterocycles. The first-order chi connectivity index (χ1) is 8.86. The number of piperidine rings is 1. The van der Waals surface area contributed by atoms with Gasteiger partial charge in [0.05, 0.1) is 5.56 Å². The normalized spacial score (nSPS) is 31.6. The van der Waals surface area contributed by atoms with Crippen LogP contribution >= 0.6 is 0 Å². The van der Waals surface area contributed by atoms with Crippen molar-refractivity contribution >= 4 is 5.82 Å². The summed E-state index contributed by atoms with van der Waals surface area (Å²) in [5, 5.41) is 16.1. The number of fused-ring (bicyclic) bond motifs is 2. The summed E-state index contributed by atoms with van der Waals surface area (Å²) in [5.74, 6) is 2.30. The molecule has 1 aromatic heterocycles. The summed E-state index contributed by atoms with van der Waals surface area (Å²) < 4.78 is 0. The lowest BCUT2D eigenvalue weighted by Gasteiger charge is -2.11. The Kier molecular flexibility index (Phi) is 2.12. The summed E-state index contributed by atoms with van der Waals surface area (Å²) in [7, 11) is 0. The van der Waals surface area contributed by atoms with Gasteiger partial charge in [0.25, 0.3) is 0 Å². The minimum Gasteiger partial charge on any atom is -0.366 e. The van der Waals surface area contributed by atoms with E-state index < -0.39 is 0 Å². The van der Waals surface area contributed by atoms with Gasteiger partial charge >= 0.3 is 0 Å². The fourth-order valence-corrected chi connectivity index (χ4v) is 3.46. The molecule has 0 bridgehead atoms. The quantitative estimate of drug-likeness (QED) is 0.812. The molecule has 2 aliphatic carbocycles. The molecule has 0 amide bonds. The Morgan fingerprint density at radius 2 is 2.17 bits per heavy atom. The smallest absolute Gasteiger partial charge is 0.144 e. The van der Waals surface area contributed by atoms with E-state index >= 15 is 0 Å². The zero-order chi connectivity index (χ0) is 12.1. The van der Waals surface area contributed by atoms with Crippen molar-refractivity contribution in [1.29, 1.82) is 5.26 Å². The van der Waals surface area contributed by atoms with Crippen molar-refractivity contribution in [2.24, 2.45) is 11.8 Å². The van der Waals surface area contributed by atoms with E-state index in [0.29, 0.717) is 11.6 Å². The Morgan fingerprint density at radius 3 is 2.94 bits per heavy atom. The molecule has 92 valence electrons. The third kappa shape index (κ3) is 1.44. The van der Waals surface area contributed by atoms with E-state index in [9.17, 15) is 5.26 Å². The van der Waals surface area contributed by atoms with Gasteiger partial charge in [-0.15, -0.1) is 0 Å². The first kappa shape index (κ1) is 10.3. The summed E-state index contributed by atoms with van der Waals surface area (Å²) in [6.07, 6.45) is 3.32. The molecule has 0 spiro atoms. The lowest BCUT2D eigenvalue weighted by atomic mass is 10.1. The number of hydrogen-bond donors (Lipinski definition) is 2. The second kappa shape index (κ2) is 3.69. The Bertz CT molecular complexity index is 535. The fourth-order valence-electron chi connectivity index (χ4n) is 3.46. The number of pyridine rings is 1. The summed E-state index contributed by atoms with van der Waals surface area (Å²) in [6.45, 7) is 2.21. The van der Waals surface area contributed by atoms with Gasteiger partial charge < -0.3 is 10.6 Å². The van der Waals surface area contributed by atoms with Crippen LogP contribution in [0.3, 0.4) is 0 Å². The molecule has 2 heterocycles. The number of anilines is 1. The second-order valence-electron chi connectivity index (χ2n) is 5.61. The fraction of sp³-hybridized carbons (Fsp3) is 0.571. The highest BCUT2D eigenvalue weighted by atomic mass is 15.1. The molecule has 1 aliphatic heterocycles. The molecule has 4 heteroatoms. The van der Waals surface area contributed by atoms with E-state index in [1.807, 2.05) is 6.07 Å². The number of aromatic nitrogens is 1. The maximum Gasteiger partial charge on any atom is 0.144 e. The van der Waals surface area contributed by atoms with Gasteiger partial charge in [0, 0.05) is 24.8 Å². The van der Waals surface area contributed by atoms with Crippen molar-refractivity contribution in [3.05, 3.63) is 22.9 Å². The number of nitrogens with one attached hydrogen (secondary N) is 2. The molecule has 2 unspecified atom stereocenters. The molecule has 2 atom stereocenters. The highest BCUT2D eigenvalue weighted by Gasteiger charge is 2.53. The topological polar surface area (TPSA) is 60.7 Å². The molecular formula is C14H16N4. The van der Waals surface area contributed by atoms with Gasteiger partial charge in [-0.05, 0) is 42.7 Å². The summed E-state index contributed by atoms with van der Waals surface area (Å²) in [4.78, 5) is 4.68. The van der Waals surface area contributed by atoms with Crippen LogP contribution in [-0.4, -0.2) is 24.1 Å². The molecule has 2 N–H and O–H groups in total. The SMILES string of the molecule is N#Cc1cc2c(nc1NC1C3CNCC31)CCC2. The van der Waals surface area contributed by atoms with E-state index in [4.69, 9.17) is 0 Å². The number of rotatable bonds is 2. The lowest BCUT2D eigenvalue weighted by Crippen LogP contribution is -2.22. The number of aryl methyl sites for hydroxylation is 2. The molecule has 0 aromatic carbocycles. The largest absolute Gasteiger partial charge is 0.366 e. The Hall–Kier alpha value is -1.60. The molecule has 4 rings (SSSR count). The maximum atomic E-state index is 9.24. The Balaban J connectivity index is 1.62. The average molecular weight is 240 g/mol. The van der Waals surface area contributed by atoms with Gasteiger partial charge in [0.15, 0.2) is 0 Å². The van der Waals surface area contributed by atoms with E-state index in [0.717, 1.165) is 43.6 Å². The lowest BCUT2D eigenvalue weighted by molar-refractivity contribution is 0.695. The second-order valence-corrected chi connectivity index (χ2v) is 5.61. The van der Waals surface area contributed by atoms with E-state index in [-0.39, 0.29) is 0 Å². The Labute approximate surface area is 106 Å². The van der Waals surface area contributed by atoms with Crippen LogP contribution in [0.25, 0.3) is 0 Å². The molecule has 3 aliphatic rings. The van der Waals surface area contributed by atoms with Crippen molar-refractivity contribution in [2.45, 2.75) is 25.3 Å². The maximum absolute atomic E-state index is 9.24. The van der Waals surface area contributed by atoms with Crippen molar-refractivity contribution in [2.75, 3.05) is 18.4 Å². The third-order valence-corrected chi connectivity index (χ3v) is 4.57. The van der Waals surface area contributed by atoms with Gasteiger partial charge in [-0.2, -0.15) is 5.26 Å². The molecule has 2 fully saturated rings. The monoisotopic (exact) mass is 240 g/mol. The van der Waals surface area contributed by atoms with Crippen LogP contribution in [0.1, 0.15) is 23.2 Å². The van der Waals surface area contributed by atoms with Crippen LogP contribution in [-0.2, 0) is 12.8 Å². The van der Waals surface area contributed by atoms with Crippen molar-refractivity contribution in [3.8, 4) is 6.07 Å². The number of nitrogens with zero attached hydrogens (tertiary/aromatic N) is 2. The van der Waals surface area contributed by atoms with Crippen LogP contribution < -0.4 is 10.6 Å². The van der Waals surface area contributed by atoms with Gasteiger partial charge in [-0.3, -0.25) is 0 Å². The van der Waals surface area contributed by atoms with Crippen molar-refractivity contribution < 1.29 is 0 Å². The first-order valence-corrected chi connectivity index (χ1v) is 6.77. The summed E-state index contributed by atoms with van der Waals surface area (Å²) in [6, 6.07) is 4.85. The predicted molar refractivity (Wildman–Crippen MR) is 68.2 cm³/mol. The number of hydrogen-bond acceptors (Lipinski definition) is 4. The number of nitriles is 1.